The minimum absolute atomic E-state index is 0.576. The molecule has 1 atom stereocenters. The Balaban J connectivity index is 5.18. The summed E-state index contributed by atoms with van der Waals surface area (Å²) < 4.78 is 35.9. The molecule has 196 valence electrons. The van der Waals surface area contributed by atoms with Crippen LogP contribution in [0.4, 0.5) is 0 Å². The van der Waals surface area contributed by atoms with E-state index in [9.17, 15) is 4.89 Å². The molecule has 0 aliphatic heterocycles. The lowest BCUT2D eigenvalue weighted by molar-refractivity contribution is 0.0705. The summed E-state index contributed by atoms with van der Waals surface area (Å²) in [5.74, 6) is 1.82. The number of thiol groups is 1. The zero-order valence-corrected chi connectivity index (χ0v) is 26.0. The highest BCUT2D eigenvalue weighted by Crippen LogP contribution is 2.66. The summed E-state index contributed by atoms with van der Waals surface area (Å²) in [6, 6.07) is 1.52. The molecule has 0 spiro atoms. The highest BCUT2D eigenvalue weighted by molar-refractivity contribution is 8.77. The normalized spacial score (nSPS) is 15.1. The second-order valence-corrected chi connectivity index (χ2v) is 22.7. The average molecular weight is 553 g/mol. The quantitative estimate of drug-likeness (QED) is 0.108. The van der Waals surface area contributed by atoms with Gasteiger partial charge in [0.2, 0.25) is 0 Å². The van der Waals surface area contributed by atoms with Gasteiger partial charge < -0.3 is 31.4 Å². The van der Waals surface area contributed by atoms with Crippen LogP contribution in [0.1, 0.15) is 61.3 Å². The molecule has 0 aromatic heterocycles. The number of hydrogen-bond donors (Lipinski definition) is 2. The monoisotopic (exact) mass is 552 g/mol. The van der Waals surface area contributed by atoms with Crippen molar-refractivity contribution in [1.29, 1.82) is 0 Å². The molecule has 12 heteroatoms. The Morgan fingerprint density at radius 3 is 1.12 bits per heavy atom. The summed E-state index contributed by atoms with van der Waals surface area (Å²) in [4.78, 5) is 11.1. The van der Waals surface area contributed by atoms with E-state index < -0.39 is 33.6 Å². The van der Waals surface area contributed by atoms with Gasteiger partial charge in [-0.25, -0.2) is 10.5 Å². The molecule has 1 unspecified atom stereocenters. The first-order chi connectivity index (χ1) is 15.2. The maximum atomic E-state index is 11.1. The Kier molecular flexibility index (Phi) is 19.1. The molecule has 0 saturated carbocycles. The van der Waals surface area contributed by atoms with Gasteiger partial charge in [0.15, 0.2) is 0 Å². The van der Waals surface area contributed by atoms with Gasteiger partial charge in [-0.15, -0.1) is 0 Å². The van der Waals surface area contributed by atoms with Crippen LogP contribution in [-0.2, 0) is 38.4 Å². The van der Waals surface area contributed by atoms with Gasteiger partial charge in [0.05, 0.1) is 5.47 Å². The molecule has 0 bridgehead atoms. The van der Waals surface area contributed by atoms with Gasteiger partial charge in [-0.2, -0.15) is 0 Å². The Hall–Kier alpha value is 1.15. The summed E-state index contributed by atoms with van der Waals surface area (Å²) in [6.45, 7) is 17.3. The maximum Gasteiger partial charge on any atom is 0.500 e. The molecule has 0 radical (unpaired) electrons. The van der Waals surface area contributed by atoms with Crippen LogP contribution >= 0.6 is 16.0 Å². The van der Waals surface area contributed by atoms with Crippen molar-refractivity contribution in [2.24, 2.45) is 0 Å². The van der Waals surface area contributed by atoms with Crippen molar-refractivity contribution >= 4 is 45.4 Å². The molecule has 7 nitrogen and oxygen atoms in total. The Morgan fingerprint density at radius 2 is 0.906 bits per heavy atom. The van der Waals surface area contributed by atoms with Crippen molar-refractivity contribution in [3.8, 4) is 0 Å². The van der Waals surface area contributed by atoms with Crippen molar-refractivity contribution < 1.29 is 31.4 Å². The predicted molar refractivity (Wildman–Crippen MR) is 146 cm³/mol. The molecular weight excluding hydrogens is 503 g/mol. The molecular formula is C20H49O7PS2Si2. The minimum atomic E-state index is -2.67. The fourth-order valence-electron chi connectivity index (χ4n) is 3.58. The molecule has 0 rings (SSSR count). The maximum absolute atomic E-state index is 11.1. The van der Waals surface area contributed by atoms with Crippen molar-refractivity contribution in [2.75, 3.05) is 57.3 Å². The summed E-state index contributed by atoms with van der Waals surface area (Å²) in [5.41, 5.74) is -2.36. The van der Waals surface area contributed by atoms with Crippen LogP contribution < -0.4 is 0 Å². The topological polar surface area (TPSA) is 75.6 Å². The Labute approximate surface area is 207 Å². The predicted octanol–water partition coefficient (Wildman–Crippen LogP) is 5.19. The summed E-state index contributed by atoms with van der Waals surface area (Å²) in [7, 11) is -6.02. The fraction of sp³-hybridized carbons (Fsp3) is 1.00. The van der Waals surface area contributed by atoms with E-state index in [1.54, 1.807) is 0 Å². The summed E-state index contributed by atoms with van der Waals surface area (Å²) >= 11 is 5.72. The van der Waals surface area contributed by atoms with Gasteiger partial charge in [-0.3, -0.25) is 0 Å². The van der Waals surface area contributed by atoms with Crippen LogP contribution in [0.3, 0.4) is 0 Å². The van der Waals surface area contributed by atoms with Crippen LogP contribution in [0.2, 0.25) is 12.1 Å². The first-order valence-corrected chi connectivity index (χ1v) is 21.4. The lowest BCUT2D eigenvalue weighted by Crippen LogP contribution is -2.46. The Morgan fingerprint density at radius 1 is 0.625 bits per heavy atom. The number of hydrogen-bond acceptors (Lipinski definition) is 7. The van der Waals surface area contributed by atoms with E-state index in [0.717, 1.165) is 36.4 Å². The summed E-state index contributed by atoms with van der Waals surface area (Å²) in [5, 5.41) is 0. The van der Waals surface area contributed by atoms with E-state index in [4.69, 9.17) is 38.4 Å². The molecule has 32 heavy (non-hydrogen) atoms. The first-order valence-electron chi connectivity index (χ1n) is 12.1. The van der Waals surface area contributed by atoms with Gasteiger partial charge in [-0.1, -0.05) is 18.7 Å². The van der Waals surface area contributed by atoms with Crippen LogP contribution in [0.15, 0.2) is 0 Å². The summed E-state index contributed by atoms with van der Waals surface area (Å²) in [6.07, 6.45) is 2.45. The first kappa shape index (κ1) is 33.2. The van der Waals surface area contributed by atoms with Gasteiger partial charge in [0, 0.05) is 57.9 Å². The third-order valence-corrected chi connectivity index (χ3v) is 22.1. The average Bonchev–Trinajstić information content (AvgIpc) is 2.74. The van der Waals surface area contributed by atoms with Crippen LogP contribution in [-0.4, -0.2) is 79.8 Å². The van der Waals surface area contributed by atoms with Crippen molar-refractivity contribution in [1.82, 2.24) is 0 Å². The second-order valence-electron chi connectivity index (χ2n) is 7.11. The zero-order chi connectivity index (χ0) is 24.5. The van der Waals surface area contributed by atoms with E-state index >= 15 is 0 Å². The van der Waals surface area contributed by atoms with Crippen LogP contribution in [0.5, 0.6) is 0 Å². The second kappa shape index (κ2) is 18.4. The number of rotatable bonds is 22. The van der Waals surface area contributed by atoms with Gasteiger partial charge in [0.1, 0.15) is 0 Å². The highest BCUT2D eigenvalue weighted by atomic mass is 32.9. The highest BCUT2D eigenvalue weighted by Gasteiger charge is 2.41. The van der Waals surface area contributed by atoms with Crippen molar-refractivity contribution in [2.45, 2.75) is 73.4 Å². The van der Waals surface area contributed by atoms with E-state index in [2.05, 4.69) is 0 Å². The molecule has 0 saturated heterocycles. The SMILES string of the molecule is CCO[Si](CCC[SH](CCC[Si](OCC)(OCC)OCC)P(O)(=S)CC)(OCC)OCC. The molecule has 0 aliphatic rings. The third kappa shape index (κ3) is 12.2. The van der Waals surface area contributed by atoms with Gasteiger partial charge in [0.25, 0.3) is 0 Å². The molecule has 0 heterocycles. The van der Waals surface area contributed by atoms with Crippen molar-refractivity contribution in [3.05, 3.63) is 0 Å². The molecule has 0 amide bonds. The largest absolute Gasteiger partial charge is 0.500 e. The third-order valence-electron chi connectivity index (χ3n) is 4.84. The van der Waals surface area contributed by atoms with E-state index in [1.165, 1.54) is 0 Å². The smallest absolute Gasteiger partial charge is 0.374 e. The lowest BCUT2D eigenvalue weighted by atomic mass is 10.6. The van der Waals surface area contributed by atoms with E-state index in [-0.39, 0.29) is 0 Å². The molecule has 1 N–H and O–H groups in total. The lowest BCUT2D eigenvalue weighted by Gasteiger charge is -2.33. The van der Waals surface area contributed by atoms with E-state index in [0.29, 0.717) is 45.8 Å². The standard InChI is InChI=1S/C20H49O7PS2Si2/c1-8-22-31(23-9-2,24-10-3)19-15-17-30(28(21,29)14-7)18-16-20-32(25-11-4,26-12-5)27-13-6/h30H,8-20H2,1-7H3,(H,21,29). The molecule has 0 fully saturated rings. The Bertz CT molecular complexity index is 454. The minimum Gasteiger partial charge on any atom is -0.374 e. The zero-order valence-electron chi connectivity index (χ0n) is 21.4. The molecule has 0 aromatic rings. The van der Waals surface area contributed by atoms with Crippen molar-refractivity contribution in [3.63, 3.8) is 0 Å². The van der Waals surface area contributed by atoms with Crippen LogP contribution in [0, 0.1) is 0 Å². The van der Waals surface area contributed by atoms with Gasteiger partial charge >= 0.3 is 17.6 Å². The van der Waals surface area contributed by atoms with Gasteiger partial charge in [-0.05, 0) is 65.9 Å². The molecule has 0 aliphatic carbocycles. The van der Waals surface area contributed by atoms with E-state index in [1.807, 2.05) is 48.5 Å². The molecule has 0 aromatic carbocycles. The van der Waals surface area contributed by atoms with Crippen LogP contribution in [0.25, 0.3) is 0 Å². The fourth-order valence-corrected chi connectivity index (χ4v) is 17.1.